The second kappa shape index (κ2) is 11.9. The first-order valence-electron chi connectivity index (χ1n) is 12.3. The standard InChI is InChI=1S/C25H38N4O5/c1-5-18(6-2)23(30)27-11-9-19(10-12-27)26-25(32)29-15-13-28(14-16-29)24(31)21-8-7-20(33-3)17-22(21)34-4/h7-8,17-19H,5-6,9-16H2,1-4H3,(H,26,32). The molecule has 0 aliphatic carbocycles. The maximum atomic E-state index is 13.0. The number of ether oxygens (including phenoxy) is 2. The number of methoxy groups -OCH3 is 2. The third-order valence-corrected chi connectivity index (χ3v) is 6.96. The number of nitrogens with zero attached hydrogens (tertiary/aromatic N) is 3. The molecule has 0 bridgehead atoms. The molecule has 9 nitrogen and oxygen atoms in total. The van der Waals surface area contributed by atoms with E-state index in [4.69, 9.17) is 9.47 Å². The highest BCUT2D eigenvalue weighted by Gasteiger charge is 2.30. The van der Waals surface area contributed by atoms with E-state index in [0.717, 1.165) is 25.7 Å². The molecule has 1 aromatic carbocycles. The molecule has 2 aliphatic rings. The van der Waals surface area contributed by atoms with Crippen molar-refractivity contribution >= 4 is 17.8 Å². The smallest absolute Gasteiger partial charge is 0.317 e. The van der Waals surface area contributed by atoms with Crippen LogP contribution in [0.15, 0.2) is 18.2 Å². The van der Waals surface area contributed by atoms with Gasteiger partial charge in [0.2, 0.25) is 5.91 Å². The molecule has 0 atom stereocenters. The summed E-state index contributed by atoms with van der Waals surface area (Å²) in [6, 6.07) is 5.11. The molecular formula is C25H38N4O5. The van der Waals surface area contributed by atoms with Crippen molar-refractivity contribution in [2.45, 2.75) is 45.6 Å². The van der Waals surface area contributed by atoms with Gasteiger partial charge in [0.05, 0.1) is 19.8 Å². The van der Waals surface area contributed by atoms with Crippen LogP contribution in [0.2, 0.25) is 0 Å². The van der Waals surface area contributed by atoms with E-state index in [1.54, 1.807) is 35.1 Å². The van der Waals surface area contributed by atoms with Gasteiger partial charge in [-0.3, -0.25) is 9.59 Å². The van der Waals surface area contributed by atoms with Gasteiger partial charge in [-0.2, -0.15) is 0 Å². The normalized spacial score (nSPS) is 17.0. The molecule has 0 saturated carbocycles. The molecule has 2 fully saturated rings. The summed E-state index contributed by atoms with van der Waals surface area (Å²) in [7, 11) is 3.09. The number of piperidine rings is 1. The van der Waals surface area contributed by atoms with E-state index in [0.29, 0.717) is 56.3 Å². The van der Waals surface area contributed by atoms with E-state index in [2.05, 4.69) is 19.2 Å². The maximum Gasteiger partial charge on any atom is 0.317 e. The molecule has 3 rings (SSSR count). The molecule has 188 valence electrons. The molecular weight excluding hydrogens is 436 g/mol. The molecule has 4 amide bonds. The molecule has 0 radical (unpaired) electrons. The minimum atomic E-state index is -0.117. The Morgan fingerprint density at radius 1 is 0.912 bits per heavy atom. The summed E-state index contributed by atoms with van der Waals surface area (Å²) in [5, 5.41) is 3.12. The van der Waals surface area contributed by atoms with E-state index < -0.39 is 0 Å². The zero-order valence-corrected chi connectivity index (χ0v) is 20.8. The van der Waals surface area contributed by atoms with Crippen LogP contribution in [0.25, 0.3) is 0 Å². The molecule has 0 aromatic heterocycles. The molecule has 34 heavy (non-hydrogen) atoms. The lowest BCUT2D eigenvalue weighted by Gasteiger charge is -2.38. The Bertz CT molecular complexity index is 857. The van der Waals surface area contributed by atoms with E-state index >= 15 is 0 Å². The van der Waals surface area contributed by atoms with Gasteiger partial charge in [-0.25, -0.2) is 4.79 Å². The van der Waals surface area contributed by atoms with Crippen molar-refractivity contribution in [1.29, 1.82) is 0 Å². The van der Waals surface area contributed by atoms with E-state index in [9.17, 15) is 14.4 Å². The van der Waals surface area contributed by atoms with E-state index in [1.165, 1.54) is 7.11 Å². The number of benzene rings is 1. The predicted molar refractivity (Wildman–Crippen MR) is 129 cm³/mol. The zero-order valence-electron chi connectivity index (χ0n) is 20.8. The SMILES string of the molecule is CCC(CC)C(=O)N1CCC(NC(=O)N2CCN(C(=O)c3ccc(OC)cc3OC)CC2)CC1. The van der Waals surface area contributed by atoms with Crippen LogP contribution in [0.1, 0.15) is 49.9 Å². The van der Waals surface area contributed by atoms with Crippen molar-refractivity contribution in [3.63, 3.8) is 0 Å². The van der Waals surface area contributed by atoms with Crippen molar-refractivity contribution in [3.8, 4) is 11.5 Å². The summed E-state index contributed by atoms with van der Waals surface area (Å²) < 4.78 is 10.6. The maximum absolute atomic E-state index is 13.0. The summed E-state index contributed by atoms with van der Waals surface area (Å²) in [6.45, 7) is 7.36. The van der Waals surface area contributed by atoms with Crippen LogP contribution < -0.4 is 14.8 Å². The summed E-state index contributed by atoms with van der Waals surface area (Å²) in [5.74, 6) is 1.32. The molecule has 2 aliphatic heterocycles. The van der Waals surface area contributed by atoms with Crippen molar-refractivity contribution in [3.05, 3.63) is 23.8 Å². The average Bonchev–Trinajstić information content (AvgIpc) is 2.89. The zero-order chi connectivity index (χ0) is 24.7. The van der Waals surface area contributed by atoms with Gasteiger partial charge in [0.1, 0.15) is 11.5 Å². The summed E-state index contributed by atoms with van der Waals surface area (Å²) in [6.07, 6.45) is 3.28. The average molecular weight is 475 g/mol. The van der Waals surface area contributed by atoms with Gasteiger partial charge in [-0.15, -0.1) is 0 Å². The number of rotatable bonds is 7. The third-order valence-electron chi connectivity index (χ3n) is 6.96. The van der Waals surface area contributed by atoms with Crippen LogP contribution in [-0.2, 0) is 4.79 Å². The van der Waals surface area contributed by atoms with E-state index in [-0.39, 0.29) is 29.8 Å². The monoisotopic (exact) mass is 474 g/mol. The molecule has 2 heterocycles. The quantitative estimate of drug-likeness (QED) is 0.656. The summed E-state index contributed by atoms with van der Waals surface area (Å²) >= 11 is 0. The molecule has 9 heteroatoms. The van der Waals surface area contributed by atoms with Crippen LogP contribution in [-0.4, -0.2) is 92.1 Å². The van der Waals surface area contributed by atoms with Crippen LogP contribution in [0.4, 0.5) is 4.79 Å². The minimum absolute atomic E-state index is 0.0708. The fourth-order valence-electron chi connectivity index (χ4n) is 4.66. The number of urea groups is 1. The van der Waals surface area contributed by atoms with Gasteiger partial charge in [-0.1, -0.05) is 13.8 Å². The van der Waals surface area contributed by atoms with E-state index in [1.807, 2.05) is 4.90 Å². The fraction of sp³-hybridized carbons (Fsp3) is 0.640. The molecule has 0 spiro atoms. The summed E-state index contributed by atoms with van der Waals surface area (Å²) in [5.41, 5.74) is 0.482. The number of carbonyl (C=O) groups is 3. The lowest BCUT2D eigenvalue weighted by molar-refractivity contribution is -0.136. The third kappa shape index (κ3) is 5.93. The van der Waals surface area contributed by atoms with Crippen LogP contribution in [0.5, 0.6) is 11.5 Å². The van der Waals surface area contributed by atoms with Crippen molar-refractivity contribution in [2.75, 3.05) is 53.5 Å². The number of likely N-dealkylation sites (tertiary alicyclic amines) is 1. The Morgan fingerprint density at radius 3 is 2.09 bits per heavy atom. The Balaban J connectivity index is 1.46. The number of piperazine rings is 1. The fourth-order valence-corrected chi connectivity index (χ4v) is 4.66. The second-order valence-corrected chi connectivity index (χ2v) is 8.91. The van der Waals surface area contributed by atoms with Gasteiger partial charge in [0, 0.05) is 57.3 Å². The Morgan fingerprint density at radius 2 is 1.53 bits per heavy atom. The number of hydrogen-bond donors (Lipinski definition) is 1. The number of amides is 4. The lowest BCUT2D eigenvalue weighted by atomic mass is 9.98. The van der Waals surface area contributed by atoms with Gasteiger partial charge >= 0.3 is 6.03 Å². The predicted octanol–water partition coefficient (Wildman–Crippen LogP) is 2.60. The largest absolute Gasteiger partial charge is 0.497 e. The highest BCUT2D eigenvalue weighted by molar-refractivity contribution is 5.97. The van der Waals surface area contributed by atoms with Gasteiger partial charge in [0.15, 0.2) is 0 Å². The summed E-state index contributed by atoms with van der Waals surface area (Å²) in [4.78, 5) is 43.8. The van der Waals surface area contributed by atoms with Crippen molar-refractivity contribution in [2.24, 2.45) is 5.92 Å². The Kier molecular flexibility index (Phi) is 9.01. The first kappa shape index (κ1) is 25.6. The van der Waals surface area contributed by atoms with Crippen LogP contribution in [0.3, 0.4) is 0 Å². The molecule has 2 saturated heterocycles. The minimum Gasteiger partial charge on any atom is -0.497 e. The van der Waals surface area contributed by atoms with Gasteiger partial charge in [0.25, 0.3) is 5.91 Å². The van der Waals surface area contributed by atoms with Crippen LogP contribution in [0, 0.1) is 5.92 Å². The van der Waals surface area contributed by atoms with Gasteiger partial charge < -0.3 is 29.5 Å². The number of carbonyl (C=O) groups excluding carboxylic acids is 3. The topological polar surface area (TPSA) is 91.4 Å². The first-order chi connectivity index (χ1) is 16.4. The second-order valence-electron chi connectivity index (χ2n) is 8.91. The Labute approximate surface area is 202 Å². The highest BCUT2D eigenvalue weighted by Crippen LogP contribution is 2.26. The Hall–Kier alpha value is -2.97. The highest BCUT2D eigenvalue weighted by atomic mass is 16.5. The van der Waals surface area contributed by atoms with Crippen molar-refractivity contribution < 1.29 is 23.9 Å². The molecule has 1 aromatic rings. The van der Waals surface area contributed by atoms with Crippen LogP contribution >= 0.6 is 0 Å². The lowest BCUT2D eigenvalue weighted by Crippen LogP contribution is -2.56. The molecule has 1 N–H and O–H groups in total. The number of nitrogens with one attached hydrogen (secondary N) is 1. The van der Waals surface area contributed by atoms with Gasteiger partial charge in [-0.05, 0) is 37.8 Å². The molecule has 0 unspecified atom stereocenters. The van der Waals surface area contributed by atoms with Crippen molar-refractivity contribution in [1.82, 2.24) is 20.0 Å². The first-order valence-corrected chi connectivity index (χ1v) is 12.3. The number of hydrogen-bond acceptors (Lipinski definition) is 5.